The Labute approximate surface area is 153 Å². The summed E-state index contributed by atoms with van der Waals surface area (Å²) in [6.07, 6.45) is 3.40. The van der Waals surface area contributed by atoms with Crippen molar-refractivity contribution in [1.82, 2.24) is 14.9 Å². The van der Waals surface area contributed by atoms with Gasteiger partial charge in [-0.2, -0.15) is 0 Å². The monoisotopic (exact) mass is 374 g/mol. The first-order valence-electron chi connectivity index (χ1n) is 8.55. The molecule has 1 saturated heterocycles. The lowest BCUT2D eigenvalue weighted by molar-refractivity contribution is 0.0702. The van der Waals surface area contributed by atoms with E-state index < -0.39 is 9.84 Å². The fraction of sp³-hybridized carbons (Fsp3) is 0.389. The van der Waals surface area contributed by atoms with Gasteiger partial charge in [0.25, 0.3) is 5.91 Å². The Morgan fingerprint density at radius 3 is 2.50 bits per heavy atom. The number of nitrogens with zero attached hydrogens (tertiary/aromatic N) is 3. The van der Waals surface area contributed by atoms with E-state index in [1.165, 1.54) is 12.4 Å². The molecule has 1 N–H and O–H groups in total. The van der Waals surface area contributed by atoms with Crippen LogP contribution in [0.15, 0.2) is 36.7 Å². The van der Waals surface area contributed by atoms with Gasteiger partial charge in [-0.15, -0.1) is 0 Å². The molecule has 2 aromatic rings. The molecule has 1 aliphatic heterocycles. The van der Waals surface area contributed by atoms with Crippen molar-refractivity contribution in [3.8, 4) is 0 Å². The second-order valence-corrected chi connectivity index (χ2v) is 8.65. The first-order valence-corrected chi connectivity index (χ1v) is 10.4. The number of sulfone groups is 1. The molecule has 1 aliphatic rings. The molecule has 0 radical (unpaired) electrons. The zero-order valence-corrected chi connectivity index (χ0v) is 15.7. The maximum absolute atomic E-state index is 12.7. The van der Waals surface area contributed by atoms with E-state index in [-0.39, 0.29) is 29.1 Å². The summed E-state index contributed by atoms with van der Waals surface area (Å²) >= 11 is 0. The normalized spacial score (nSPS) is 18.5. The number of nitrogens with one attached hydrogen (secondary N) is 1. The number of rotatable bonds is 5. The van der Waals surface area contributed by atoms with Crippen LogP contribution in [0.3, 0.4) is 0 Å². The van der Waals surface area contributed by atoms with Crippen LogP contribution in [-0.2, 0) is 9.84 Å². The SMILES string of the molecule is CCN(C(=O)c1cnc(Nc2ccc(C)cc2)cn1)C1CCS(=O)(=O)C1. The van der Waals surface area contributed by atoms with Crippen molar-refractivity contribution in [3.05, 3.63) is 47.9 Å². The molecule has 0 spiro atoms. The smallest absolute Gasteiger partial charge is 0.274 e. The molecule has 0 aliphatic carbocycles. The lowest BCUT2D eigenvalue weighted by Gasteiger charge is -2.26. The van der Waals surface area contributed by atoms with E-state index in [9.17, 15) is 13.2 Å². The summed E-state index contributed by atoms with van der Waals surface area (Å²) in [7, 11) is -3.05. The van der Waals surface area contributed by atoms with Crippen LogP contribution in [0, 0.1) is 6.92 Å². The van der Waals surface area contributed by atoms with E-state index >= 15 is 0 Å². The highest BCUT2D eigenvalue weighted by atomic mass is 32.2. The molecule has 1 amide bonds. The van der Waals surface area contributed by atoms with Gasteiger partial charge >= 0.3 is 0 Å². The van der Waals surface area contributed by atoms with Gasteiger partial charge in [0, 0.05) is 18.3 Å². The molecule has 0 saturated carbocycles. The number of carbonyl (C=O) groups is 1. The van der Waals surface area contributed by atoms with Crippen LogP contribution in [0.4, 0.5) is 11.5 Å². The second kappa shape index (κ2) is 7.41. The van der Waals surface area contributed by atoms with Crippen molar-refractivity contribution >= 4 is 27.2 Å². The summed E-state index contributed by atoms with van der Waals surface area (Å²) in [6.45, 7) is 4.28. The van der Waals surface area contributed by atoms with Crippen LogP contribution in [-0.4, -0.2) is 53.3 Å². The zero-order valence-electron chi connectivity index (χ0n) is 14.8. The second-order valence-electron chi connectivity index (χ2n) is 6.43. The molecule has 2 heterocycles. The molecule has 3 rings (SSSR count). The molecule has 1 aromatic carbocycles. The summed E-state index contributed by atoms with van der Waals surface area (Å²) in [5, 5.41) is 3.13. The molecular weight excluding hydrogens is 352 g/mol. The number of benzene rings is 1. The summed E-state index contributed by atoms with van der Waals surface area (Å²) in [5.41, 5.74) is 2.26. The van der Waals surface area contributed by atoms with Gasteiger partial charge in [-0.05, 0) is 32.4 Å². The Hall–Kier alpha value is -2.48. The average Bonchev–Trinajstić information content (AvgIpc) is 2.98. The first-order chi connectivity index (χ1) is 12.4. The number of hydrogen-bond donors (Lipinski definition) is 1. The third-order valence-corrected chi connectivity index (χ3v) is 6.20. The van der Waals surface area contributed by atoms with Crippen LogP contribution in [0.2, 0.25) is 0 Å². The van der Waals surface area contributed by atoms with E-state index in [2.05, 4.69) is 15.3 Å². The van der Waals surface area contributed by atoms with Gasteiger partial charge in [-0.3, -0.25) is 4.79 Å². The van der Waals surface area contributed by atoms with Crippen LogP contribution in [0.5, 0.6) is 0 Å². The fourth-order valence-corrected chi connectivity index (χ4v) is 4.75. The largest absolute Gasteiger partial charge is 0.339 e. The van der Waals surface area contributed by atoms with E-state index in [1.54, 1.807) is 4.90 Å². The van der Waals surface area contributed by atoms with Crippen molar-refractivity contribution in [3.63, 3.8) is 0 Å². The Morgan fingerprint density at radius 2 is 1.96 bits per heavy atom. The third-order valence-electron chi connectivity index (χ3n) is 4.45. The summed E-state index contributed by atoms with van der Waals surface area (Å²) < 4.78 is 23.4. The van der Waals surface area contributed by atoms with E-state index in [0.29, 0.717) is 18.8 Å². The van der Waals surface area contributed by atoms with Gasteiger partial charge in [-0.1, -0.05) is 17.7 Å². The number of amides is 1. The van der Waals surface area contributed by atoms with Gasteiger partial charge in [0.1, 0.15) is 11.5 Å². The minimum Gasteiger partial charge on any atom is -0.339 e. The fourth-order valence-electron chi connectivity index (χ4n) is 3.02. The van der Waals surface area contributed by atoms with Crippen LogP contribution >= 0.6 is 0 Å². The highest BCUT2D eigenvalue weighted by Gasteiger charge is 2.34. The van der Waals surface area contributed by atoms with Crippen molar-refractivity contribution in [2.24, 2.45) is 0 Å². The molecule has 1 unspecified atom stereocenters. The number of carbonyl (C=O) groups excluding carboxylic acids is 1. The van der Waals surface area contributed by atoms with E-state index in [4.69, 9.17) is 0 Å². The minimum atomic E-state index is -3.05. The summed E-state index contributed by atoms with van der Waals surface area (Å²) in [5.74, 6) is 0.403. The molecule has 1 fully saturated rings. The van der Waals surface area contributed by atoms with Gasteiger partial charge in [0.15, 0.2) is 9.84 Å². The molecule has 0 bridgehead atoms. The first kappa shape index (κ1) is 18.3. The highest BCUT2D eigenvalue weighted by molar-refractivity contribution is 7.91. The van der Waals surface area contributed by atoms with Crippen molar-refractivity contribution < 1.29 is 13.2 Å². The van der Waals surface area contributed by atoms with Gasteiger partial charge in [-0.25, -0.2) is 18.4 Å². The quantitative estimate of drug-likeness (QED) is 0.862. The Morgan fingerprint density at radius 1 is 1.23 bits per heavy atom. The van der Waals surface area contributed by atoms with Gasteiger partial charge in [0.05, 0.1) is 23.9 Å². The molecule has 7 nitrogen and oxygen atoms in total. The maximum atomic E-state index is 12.7. The van der Waals surface area contributed by atoms with Crippen molar-refractivity contribution in [1.29, 1.82) is 0 Å². The molecule has 26 heavy (non-hydrogen) atoms. The number of anilines is 2. The molecule has 8 heteroatoms. The molecule has 1 atom stereocenters. The Kier molecular flexibility index (Phi) is 5.22. The van der Waals surface area contributed by atoms with Crippen LogP contribution in [0.25, 0.3) is 0 Å². The molecular formula is C18H22N4O3S. The number of aryl methyl sites for hydroxylation is 1. The standard InChI is InChI=1S/C18H22N4O3S/c1-3-22(15-8-9-26(24,25)12-15)18(23)16-10-20-17(11-19-16)21-14-6-4-13(2)5-7-14/h4-7,10-11,15H,3,8-9,12H2,1-2H3,(H,20,21). The molecule has 1 aromatic heterocycles. The maximum Gasteiger partial charge on any atom is 0.274 e. The van der Waals surface area contributed by atoms with Crippen molar-refractivity contribution in [2.75, 3.05) is 23.4 Å². The van der Waals surface area contributed by atoms with Crippen LogP contribution < -0.4 is 5.32 Å². The van der Waals surface area contributed by atoms with Crippen molar-refractivity contribution in [2.45, 2.75) is 26.3 Å². The highest BCUT2D eigenvalue weighted by Crippen LogP contribution is 2.20. The minimum absolute atomic E-state index is 0.0209. The van der Waals surface area contributed by atoms with Crippen LogP contribution in [0.1, 0.15) is 29.4 Å². The van der Waals surface area contributed by atoms with E-state index in [0.717, 1.165) is 11.3 Å². The number of hydrogen-bond acceptors (Lipinski definition) is 6. The predicted octanol–water partition coefficient (Wildman–Crippen LogP) is 2.18. The topological polar surface area (TPSA) is 92.3 Å². The Balaban J connectivity index is 1.70. The lowest BCUT2D eigenvalue weighted by atomic mass is 10.2. The third kappa shape index (κ3) is 4.19. The number of aromatic nitrogens is 2. The Bertz CT molecular complexity index is 880. The molecule has 138 valence electrons. The summed E-state index contributed by atoms with van der Waals surface area (Å²) in [6, 6.07) is 7.57. The predicted molar refractivity (Wildman–Crippen MR) is 100 cm³/mol. The van der Waals surface area contributed by atoms with E-state index in [1.807, 2.05) is 38.1 Å². The van der Waals surface area contributed by atoms with Gasteiger partial charge < -0.3 is 10.2 Å². The zero-order chi connectivity index (χ0) is 18.7. The average molecular weight is 374 g/mol. The lowest BCUT2D eigenvalue weighted by Crippen LogP contribution is -2.41. The van der Waals surface area contributed by atoms with Gasteiger partial charge in [0.2, 0.25) is 0 Å². The summed E-state index contributed by atoms with van der Waals surface area (Å²) in [4.78, 5) is 22.7.